The maximum Gasteiger partial charge on any atom is 0.347 e. The topological polar surface area (TPSA) is 101 Å². The van der Waals surface area contributed by atoms with Gasteiger partial charge >= 0.3 is 5.69 Å². The van der Waals surface area contributed by atoms with Gasteiger partial charge in [-0.15, -0.1) is 0 Å². The molecule has 0 spiro atoms. The Kier molecular flexibility index (Phi) is 3.08. The van der Waals surface area contributed by atoms with Crippen LogP contribution in [-0.4, -0.2) is 20.9 Å². The quantitative estimate of drug-likeness (QED) is 0.519. The molecular weight excluding hydrogens is 186 g/mol. The molecule has 1 heterocycles. The first-order chi connectivity index (χ1) is 6.56. The van der Waals surface area contributed by atoms with Crippen LogP contribution in [0.2, 0.25) is 0 Å². The van der Waals surface area contributed by atoms with Gasteiger partial charge < -0.3 is 15.9 Å². The lowest BCUT2D eigenvalue weighted by Gasteiger charge is -2.06. The fraction of sp³-hybridized carbons (Fsp3) is 0.500. The fourth-order valence-electron chi connectivity index (χ4n) is 1.07. The van der Waals surface area contributed by atoms with E-state index in [1.165, 1.54) is 6.20 Å². The van der Waals surface area contributed by atoms with Crippen LogP contribution in [-0.2, 0) is 6.42 Å². The van der Waals surface area contributed by atoms with E-state index in [4.69, 9.17) is 5.84 Å². The van der Waals surface area contributed by atoms with Crippen LogP contribution in [0.5, 0.6) is 0 Å². The number of aliphatic hydroxyl groups excluding tert-OH is 1. The highest BCUT2D eigenvalue weighted by Crippen LogP contribution is 1.97. The number of aromatic nitrogens is 2. The van der Waals surface area contributed by atoms with Crippen molar-refractivity contribution in [2.24, 2.45) is 0 Å². The molecule has 1 atom stereocenters. The number of aliphatic hydroxyl groups is 1. The van der Waals surface area contributed by atoms with Crippen molar-refractivity contribution >= 4 is 0 Å². The largest absolute Gasteiger partial charge is 0.393 e. The second kappa shape index (κ2) is 4.10. The molecule has 1 unspecified atom stereocenters. The van der Waals surface area contributed by atoms with Crippen molar-refractivity contribution in [3.63, 3.8) is 0 Å². The second-order valence-electron chi connectivity index (χ2n) is 3.06. The Hall–Kier alpha value is -1.56. The number of nitrogens with two attached hydrogens (primary N) is 1. The van der Waals surface area contributed by atoms with E-state index in [2.05, 4.69) is 4.98 Å². The zero-order valence-electron chi connectivity index (χ0n) is 7.86. The highest BCUT2D eigenvalue weighted by atomic mass is 16.3. The van der Waals surface area contributed by atoms with Crippen LogP contribution in [0.1, 0.15) is 18.9 Å². The van der Waals surface area contributed by atoms with E-state index >= 15 is 0 Å². The van der Waals surface area contributed by atoms with Gasteiger partial charge in [0.25, 0.3) is 5.56 Å². The van der Waals surface area contributed by atoms with Crippen molar-refractivity contribution in [3.8, 4) is 0 Å². The van der Waals surface area contributed by atoms with Crippen LogP contribution in [0.15, 0.2) is 15.8 Å². The number of hydrogen-bond donors (Lipinski definition) is 3. The summed E-state index contributed by atoms with van der Waals surface area (Å²) in [6, 6.07) is 0. The molecule has 0 saturated carbocycles. The molecule has 78 valence electrons. The smallest absolute Gasteiger partial charge is 0.347 e. The van der Waals surface area contributed by atoms with Crippen molar-refractivity contribution in [1.82, 2.24) is 9.66 Å². The normalized spacial score (nSPS) is 12.7. The third kappa shape index (κ3) is 2.02. The van der Waals surface area contributed by atoms with Gasteiger partial charge in [0.05, 0.1) is 6.10 Å². The minimum atomic E-state index is -0.662. The van der Waals surface area contributed by atoms with Crippen molar-refractivity contribution in [1.29, 1.82) is 0 Å². The van der Waals surface area contributed by atoms with Gasteiger partial charge in [-0.2, -0.15) is 4.68 Å². The average molecular weight is 199 g/mol. The summed E-state index contributed by atoms with van der Waals surface area (Å²) >= 11 is 0. The monoisotopic (exact) mass is 199 g/mol. The maximum atomic E-state index is 11.3. The molecule has 0 fully saturated rings. The molecule has 0 aliphatic carbocycles. The van der Waals surface area contributed by atoms with Gasteiger partial charge in [0, 0.05) is 18.2 Å². The Bertz CT molecular complexity index is 421. The SMILES string of the molecule is CCC(O)Cc1c[nH]c(=O)n(N)c1=O. The summed E-state index contributed by atoms with van der Waals surface area (Å²) in [6.07, 6.45) is 1.44. The molecular formula is C8H13N3O3. The third-order valence-electron chi connectivity index (χ3n) is 2.01. The van der Waals surface area contributed by atoms with Crippen molar-refractivity contribution in [2.45, 2.75) is 25.9 Å². The molecule has 0 amide bonds. The Morgan fingerprint density at radius 3 is 2.86 bits per heavy atom. The fourth-order valence-corrected chi connectivity index (χ4v) is 1.07. The first-order valence-corrected chi connectivity index (χ1v) is 4.33. The Balaban J connectivity index is 3.06. The molecule has 1 rings (SSSR count). The number of H-pyrrole nitrogens is 1. The molecule has 6 nitrogen and oxygen atoms in total. The molecule has 14 heavy (non-hydrogen) atoms. The summed E-state index contributed by atoms with van der Waals surface area (Å²) in [4.78, 5) is 24.5. The summed E-state index contributed by atoms with van der Waals surface area (Å²) in [5, 5.41) is 9.32. The van der Waals surface area contributed by atoms with Gasteiger partial charge in [-0.25, -0.2) is 4.79 Å². The summed E-state index contributed by atoms with van der Waals surface area (Å²) in [6.45, 7) is 1.80. The summed E-state index contributed by atoms with van der Waals surface area (Å²) < 4.78 is 0.498. The lowest BCUT2D eigenvalue weighted by atomic mass is 10.1. The molecule has 6 heteroatoms. The molecule has 4 N–H and O–H groups in total. The van der Waals surface area contributed by atoms with Crippen molar-refractivity contribution < 1.29 is 5.11 Å². The Morgan fingerprint density at radius 1 is 1.64 bits per heavy atom. The van der Waals surface area contributed by atoms with Crippen LogP contribution >= 0.6 is 0 Å². The lowest BCUT2D eigenvalue weighted by Crippen LogP contribution is -2.42. The van der Waals surface area contributed by atoms with Gasteiger partial charge in [0.15, 0.2) is 0 Å². The second-order valence-corrected chi connectivity index (χ2v) is 3.06. The maximum absolute atomic E-state index is 11.3. The summed E-state index contributed by atoms with van der Waals surface area (Å²) in [5.41, 5.74) is -0.924. The number of nitrogen functional groups attached to an aromatic ring is 1. The van der Waals surface area contributed by atoms with Crippen LogP contribution in [0.3, 0.4) is 0 Å². The minimum Gasteiger partial charge on any atom is -0.393 e. The van der Waals surface area contributed by atoms with Gasteiger partial charge in [0.1, 0.15) is 0 Å². The van der Waals surface area contributed by atoms with Crippen LogP contribution in [0.25, 0.3) is 0 Å². The minimum absolute atomic E-state index is 0.198. The van der Waals surface area contributed by atoms with Crippen LogP contribution < -0.4 is 17.1 Å². The summed E-state index contributed by atoms with van der Waals surface area (Å²) in [5.74, 6) is 5.18. The number of rotatable bonds is 3. The zero-order valence-corrected chi connectivity index (χ0v) is 7.86. The molecule has 0 radical (unpaired) electrons. The van der Waals surface area contributed by atoms with E-state index in [1.54, 1.807) is 6.92 Å². The first-order valence-electron chi connectivity index (χ1n) is 4.33. The molecule has 0 aromatic carbocycles. The van der Waals surface area contributed by atoms with E-state index < -0.39 is 17.4 Å². The molecule has 0 aliphatic rings. The number of nitrogens with one attached hydrogen (secondary N) is 1. The zero-order chi connectivity index (χ0) is 10.7. The van der Waals surface area contributed by atoms with Crippen molar-refractivity contribution in [2.75, 3.05) is 5.84 Å². The number of aromatic amines is 1. The van der Waals surface area contributed by atoms with E-state index in [0.717, 1.165) is 0 Å². The predicted octanol–water partition coefficient (Wildman–Crippen LogP) is -1.44. The third-order valence-corrected chi connectivity index (χ3v) is 2.01. The van der Waals surface area contributed by atoms with Gasteiger partial charge in [0.2, 0.25) is 0 Å². The highest BCUT2D eigenvalue weighted by molar-refractivity contribution is 5.05. The van der Waals surface area contributed by atoms with Crippen LogP contribution in [0.4, 0.5) is 0 Å². The van der Waals surface area contributed by atoms with Crippen LogP contribution in [0, 0.1) is 0 Å². The molecule has 1 aromatic rings. The Morgan fingerprint density at radius 2 is 2.29 bits per heavy atom. The van der Waals surface area contributed by atoms with E-state index in [1.807, 2.05) is 0 Å². The molecule has 0 bridgehead atoms. The lowest BCUT2D eigenvalue weighted by molar-refractivity contribution is 0.170. The average Bonchev–Trinajstić information content (AvgIpc) is 2.19. The molecule has 0 saturated heterocycles. The molecule has 1 aromatic heterocycles. The standard InChI is InChI=1S/C8H13N3O3/c1-2-6(12)3-5-4-10-8(14)11(9)7(5)13/h4,6,12H,2-3,9H2,1H3,(H,10,14). The first kappa shape index (κ1) is 10.5. The van der Waals surface area contributed by atoms with E-state index in [0.29, 0.717) is 16.7 Å². The van der Waals surface area contributed by atoms with Gasteiger partial charge in [-0.1, -0.05) is 6.92 Å². The Labute approximate surface area is 80.0 Å². The summed E-state index contributed by atoms with van der Waals surface area (Å²) in [7, 11) is 0. The number of hydrogen-bond acceptors (Lipinski definition) is 4. The van der Waals surface area contributed by atoms with E-state index in [-0.39, 0.29) is 6.42 Å². The predicted molar refractivity (Wildman–Crippen MR) is 51.5 cm³/mol. The van der Waals surface area contributed by atoms with Gasteiger partial charge in [-0.3, -0.25) is 4.79 Å². The van der Waals surface area contributed by atoms with E-state index in [9.17, 15) is 14.7 Å². The number of nitrogens with zero attached hydrogens (tertiary/aromatic N) is 1. The van der Waals surface area contributed by atoms with Gasteiger partial charge in [-0.05, 0) is 6.42 Å². The highest BCUT2D eigenvalue weighted by Gasteiger charge is 2.08. The van der Waals surface area contributed by atoms with Crippen molar-refractivity contribution in [3.05, 3.63) is 32.6 Å². The molecule has 0 aliphatic heterocycles.